The quantitative estimate of drug-likeness (QED) is 0.582. The molecule has 0 heterocycles. The lowest BCUT2D eigenvalue weighted by Gasteiger charge is -2.26. The van der Waals surface area contributed by atoms with E-state index in [0.29, 0.717) is 25.7 Å². The Labute approximate surface area is 91.7 Å². The second-order valence-electron chi connectivity index (χ2n) is 4.64. The summed E-state index contributed by atoms with van der Waals surface area (Å²) in [6.07, 6.45) is 2.46. The van der Waals surface area contributed by atoms with E-state index in [1.54, 1.807) is 0 Å². The lowest BCUT2D eigenvalue weighted by molar-refractivity contribution is -0.00715. The Bertz CT molecular complexity index is 183. The van der Waals surface area contributed by atoms with Gasteiger partial charge in [-0.2, -0.15) is 0 Å². The molecule has 0 amide bonds. The minimum atomic E-state index is -0.530. The van der Waals surface area contributed by atoms with Crippen molar-refractivity contribution >= 4 is 0 Å². The zero-order chi connectivity index (χ0) is 11.3. The summed E-state index contributed by atoms with van der Waals surface area (Å²) in [7, 11) is 0. The van der Waals surface area contributed by atoms with Crippen molar-refractivity contribution in [1.29, 1.82) is 0 Å². The van der Waals surface area contributed by atoms with Crippen molar-refractivity contribution < 1.29 is 14.6 Å². The SMILES string of the molecule is CC(C)OCCOCC(N)(CO)C1CC1. The number of ether oxygens (including phenoxy) is 2. The van der Waals surface area contributed by atoms with Crippen molar-refractivity contribution in [2.75, 3.05) is 26.4 Å². The topological polar surface area (TPSA) is 64.7 Å². The fourth-order valence-corrected chi connectivity index (χ4v) is 1.56. The van der Waals surface area contributed by atoms with Crippen LogP contribution in [0.2, 0.25) is 0 Å². The van der Waals surface area contributed by atoms with E-state index in [1.165, 1.54) is 0 Å². The standard InChI is InChI=1S/C11H23NO3/c1-9(2)15-6-5-14-8-11(12,7-13)10-3-4-10/h9-10,13H,3-8,12H2,1-2H3. The normalized spacial score (nSPS) is 20.6. The molecule has 1 saturated carbocycles. The van der Waals surface area contributed by atoms with Crippen LogP contribution in [0.1, 0.15) is 26.7 Å². The first-order chi connectivity index (χ1) is 7.08. The molecule has 1 atom stereocenters. The van der Waals surface area contributed by atoms with Crippen LogP contribution in [0.15, 0.2) is 0 Å². The van der Waals surface area contributed by atoms with Crippen LogP contribution >= 0.6 is 0 Å². The van der Waals surface area contributed by atoms with Crippen LogP contribution in [0.5, 0.6) is 0 Å². The molecule has 1 aliphatic carbocycles. The van der Waals surface area contributed by atoms with Crippen LogP contribution in [0.3, 0.4) is 0 Å². The number of nitrogens with two attached hydrogens (primary N) is 1. The van der Waals surface area contributed by atoms with Crippen molar-refractivity contribution in [1.82, 2.24) is 0 Å². The zero-order valence-corrected chi connectivity index (χ0v) is 9.74. The summed E-state index contributed by atoms with van der Waals surface area (Å²) in [6, 6.07) is 0. The van der Waals surface area contributed by atoms with Crippen molar-refractivity contribution in [3.63, 3.8) is 0 Å². The van der Waals surface area contributed by atoms with E-state index in [9.17, 15) is 5.11 Å². The van der Waals surface area contributed by atoms with Gasteiger partial charge >= 0.3 is 0 Å². The van der Waals surface area contributed by atoms with Crippen LogP contribution in [-0.2, 0) is 9.47 Å². The summed E-state index contributed by atoms with van der Waals surface area (Å²) < 4.78 is 10.8. The number of rotatable bonds is 8. The molecule has 1 unspecified atom stereocenters. The van der Waals surface area contributed by atoms with Crippen LogP contribution in [0.4, 0.5) is 0 Å². The number of hydrogen-bond donors (Lipinski definition) is 2. The van der Waals surface area contributed by atoms with Gasteiger partial charge in [-0.3, -0.25) is 0 Å². The minimum absolute atomic E-state index is 0.00268. The molecule has 0 bridgehead atoms. The zero-order valence-electron chi connectivity index (χ0n) is 9.74. The van der Waals surface area contributed by atoms with Gasteiger partial charge in [0.15, 0.2) is 0 Å². The van der Waals surface area contributed by atoms with Gasteiger partial charge in [0.2, 0.25) is 0 Å². The Morgan fingerprint density at radius 1 is 1.40 bits per heavy atom. The minimum Gasteiger partial charge on any atom is -0.394 e. The molecule has 0 radical (unpaired) electrons. The summed E-state index contributed by atoms with van der Waals surface area (Å²) in [6.45, 7) is 5.54. The second kappa shape index (κ2) is 5.80. The molecule has 4 heteroatoms. The van der Waals surface area contributed by atoms with Crippen LogP contribution in [-0.4, -0.2) is 43.2 Å². The second-order valence-corrected chi connectivity index (χ2v) is 4.64. The molecule has 1 rings (SSSR count). The Morgan fingerprint density at radius 2 is 2.07 bits per heavy atom. The van der Waals surface area contributed by atoms with Gasteiger partial charge < -0.3 is 20.3 Å². The molecule has 0 spiro atoms. The van der Waals surface area contributed by atoms with Gasteiger partial charge in [0.05, 0.1) is 38.1 Å². The Morgan fingerprint density at radius 3 is 2.53 bits per heavy atom. The average Bonchev–Trinajstić information content (AvgIpc) is 3.00. The van der Waals surface area contributed by atoms with Crippen molar-refractivity contribution in [3.8, 4) is 0 Å². The highest BCUT2D eigenvalue weighted by atomic mass is 16.5. The maximum atomic E-state index is 9.20. The van der Waals surface area contributed by atoms with Gasteiger partial charge in [0.25, 0.3) is 0 Å². The van der Waals surface area contributed by atoms with E-state index >= 15 is 0 Å². The molecular weight excluding hydrogens is 194 g/mol. The molecule has 3 N–H and O–H groups in total. The van der Waals surface area contributed by atoms with Gasteiger partial charge in [-0.1, -0.05) is 0 Å². The molecule has 4 nitrogen and oxygen atoms in total. The third-order valence-electron chi connectivity index (χ3n) is 2.73. The lowest BCUT2D eigenvalue weighted by atomic mass is 9.97. The largest absolute Gasteiger partial charge is 0.394 e. The first-order valence-corrected chi connectivity index (χ1v) is 5.67. The highest BCUT2D eigenvalue weighted by Crippen LogP contribution is 2.38. The number of aliphatic hydroxyl groups is 1. The fraction of sp³-hybridized carbons (Fsp3) is 1.00. The van der Waals surface area contributed by atoms with Gasteiger partial charge in [-0.25, -0.2) is 0 Å². The molecule has 1 aliphatic rings. The predicted octanol–water partition coefficient (Wildman–Crippen LogP) is 0.528. The third-order valence-corrected chi connectivity index (χ3v) is 2.73. The lowest BCUT2D eigenvalue weighted by Crippen LogP contribution is -2.50. The van der Waals surface area contributed by atoms with E-state index in [-0.39, 0.29) is 12.7 Å². The van der Waals surface area contributed by atoms with E-state index in [1.807, 2.05) is 13.8 Å². The van der Waals surface area contributed by atoms with Gasteiger partial charge in [-0.15, -0.1) is 0 Å². The molecule has 0 aromatic carbocycles. The van der Waals surface area contributed by atoms with Crippen LogP contribution in [0, 0.1) is 5.92 Å². The van der Waals surface area contributed by atoms with E-state index in [4.69, 9.17) is 15.2 Å². The maximum absolute atomic E-state index is 9.20. The molecule has 90 valence electrons. The van der Waals surface area contributed by atoms with Crippen molar-refractivity contribution in [2.24, 2.45) is 11.7 Å². The molecule has 15 heavy (non-hydrogen) atoms. The molecule has 1 fully saturated rings. The van der Waals surface area contributed by atoms with Crippen molar-refractivity contribution in [2.45, 2.75) is 38.3 Å². The molecular formula is C11H23NO3. The van der Waals surface area contributed by atoms with E-state index in [2.05, 4.69) is 0 Å². The monoisotopic (exact) mass is 217 g/mol. The Hall–Kier alpha value is -0.160. The molecule has 0 aromatic rings. The van der Waals surface area contributed by atoms with Gasteiger partial charge in [0.1, 0.15) is 0 Å². The number of aliphatic hydroxyl groups excluding tert-OH is 1. The van der Waals surface area contributed by atoms with Crippen LogP contribution in [0.25, 0.3) is 0 Å². The fourth-order valence-electron chi connectivity index (χ4n) is 1.56. The first kappa shape index (κ1) is 12.9. The molecule has 0 aromatic heterocycles. The number of hydrogen-bond acceptors (Lipinski definition) is 4. The first-order valence-electron chi connectivity index (χ1n) is 5.67. The Kier molecular flexibility index (Phi) is 4.99. The Balaban J connectivity index is 2.07. The highest BCUT2D eigenvalue weighted by molar-refractivity contribution is 4.98. The van der Waals surface area contributed by atoms with E-state index < -0.39 is 5.54 Å². The van der Waals surface area contributed by atoms with Gasteiger partial charge in [0, 0.05) is 0 Å². The summed E-state index contributed by atoms with van der Waals surface area (Å²) in [5.74, 6) is 0.438. The van der Waals surface area contributed by atoms with Gasteiger partial charge in [-0.05, 0) is 32.6 Å². The smallest absolute Gasteiger partial charge is 0.0703 e. The summed E-state index contributed by atoms with van der Waals surface area (Å²) in [4.78, 5) is 0. The maximum Gasteiger partial charge on any atom is 0.0703 e. The average molecular weight is 217 g/mol. The third kappa shape index (κ3) is 4.47. The predicted molar refractivity (Wildman–Crippen MR) is 58.6 cm³/mol. The summed E-state index contributed by atoms with van der Waals surface area (Å²) >= 11 is 0. The van der Waals surface area contributed by atoms with Crippen molar-refractivity contribution in [3.05, 3.63) is 0 Å². The van der Waals surface area contributed by atoms with E-state index in [0.717, 1.165) is 12.8 Å². The molecule has 0 saturated heterocycles. The molecule has 0 aliphatic heterocycles. The highest BCUT2D eigenvalue weighted by Gasteiger charge is 2.41. The van der Waals surface area contributed by atoms with Crippen LogP contribution < -0.4 is 5.73 Å². The summed E-state index contributed by atoms with van der Waals surface area (Å²) in [5, 5.41) is 9.20. The summed E-state index contributed by atoms with van der Waals surface area (Å²) in [5.41, 5.74) is 5.50.